The summed E-state index contributed by atoms with van der Waals surface area (Å²) in [4.78, 5) is 14.3. The van der Waals surface area contributed by atoms with Crippen LogP contribution >= 0.6 is 0 Å². The molecule has 2 fully saturated rings. The number of morpholine rings is 1. The van der Waals surface area contributed by atoms with Crippen LogP contribution in [-0.4, -0.2) is 62.8 Å². The number of nitrogens with zero attached hydrogens (tertiary/aromatic N) is 1. The van der Waals surface area contributed by atoms with Crippen molar-refractivity contribution in [2.45, 2.75) is 25.8 Å². The highest BCUT2D eigenvalue weighted by Crippen LogP contribution is 2.15. The zero-order valence-corrected chi connectivity index (χ0v) is 11.3. The molecule has 5 heteroatoms. The Labute approximate surface area is 109 Å². The van der Waals surface area contributed by atoms with E-state index in [4.69, 9.17) is 4.74 Å². The smallest absolute Gasteiger partial charge is 0.223 e. The number of carbonyl (C=O) groups excluding carboxylic acids is 1. The lowest BCUT2D eigenvalue weighted by Crippen LogP contribution is -2.45. The van der Waals surface area contributed by atoms with Gasteiger partial charge in [-0.15, -0.1) is 0 Å². The maximum atomic E-state index is 12.0. The minimum atomic E-state index is 0.200. The molecule has 18 heavy (non-hydrogen) atoms. The molecule has 0 aromatic rings. The highest BCUT2D eigenvalue weighted by Gasteiger charge is 2.24. The van der Waals surface area contributed by atoms with Crippen molar-refractivity contribution in [2.24, 2.45) is 5.92 Å². The summed E-state index contributed by atoms with van der Waals surface area (Å²) in [7, 11) is 0. The molecule has 0 radical (unpaired) electrons. The summed E-state index contributed by atoms with van der Waals surface area (Å²) in [5.74, 6) is 0.433. The Kier molecular flexibility index (Phi) is 5.41. The van der Waals surface area contributed by atoms with Crippen molar-refractivity contribution in [1.29, 1.82) is 0 Å². The molecule has 1 amide bonds. The van der Waals surface area contributed by atoms with E-state index < -0.39 is 0 Å². The Morgan fingerprint density at radius 3 is 2.94 bits per heavy atom. The predicted octanol–water partition coefficient (Wildman–Crippen LogP) is -0.177. The lowest BCUT2D eigenvalue weighted by molar-refractivity contribution is -0.126. The van der Waals surface area contributed by atoms with Gasteiger partial charge in [0, 0.05) is 38.1 Å². The maximum absolute atomic E-state index is 12.0. The Hall–Kier alpha value is -0.650. The molecule has 2 unspecified atom stereocenters. The summed E-state index contributed by atoms with van der Waals surface area (Å²) in [6, 6.07) is 0.466. The number of ether oxygens (including phenoxy) is 1. The molecule has 2 saturated heterocycles. The summed E-state index contributed by atoms with van der Waals surface area (Å²) in [6.07, 6.45) is 1.93. The minimum Gasteiger partial charge on any atom is -0.379 e. The maximum Gasteiger partial charge on any atom is 0.223 e. The number of rotatable bonds is 4. The normalized spacial score (nSPS) is 30.1. The molecule has 2 rings (SSSR count). The number of piperidine rings is 1. The molecular formula is C13H25N3O2. The van der Waals surface area contributed by atoms with Gasteiger partial charge in [-0.1, -0.05) is 0 Å². The van der Waals surface area contributed by atoms with Gasteiger partial charge >= 0.3 is 0 Å². The van der Waals surface area contributed by atoms with E-state index in [9.17, 15) is 4.79 Å². The van der Waals surface area contributed by atoms with Crippen molar-refractivity contribution in [3.05, 3.63) is 0 Å². The lowest BCUT2D eigenvalue weighted by atomic mass is 9.92. The molecule has 0 bridgehead atoms. The highest BCUT2D eigenvalue weighted by molar-refractivity contribution is 5.78. The average molecular weight is 255 g/mol. The molecule has 104 valence electrons. The molecule has 0 saturated carbocycles. The van der Waals surface area contributed by atoms with Crippen LogP contribution in [-0.2, 0) is 9.53 Å². The van der Waals surface area contributed by atoms with Gasteiger partial charge in [-0.2, -0.15) is 0 Å². The standard InChI is InChI=1S/C13H25N3O2/c1-11-10-12(2-3-14-11)13(17)15-4-5-16-6-8-18-9-7-16/h11-12,14H,2-10H2,1H3,(H,15,17). The summed E-state index contributed by atoms with van der Waals surface area (Å²) < 4.78 is 5.30. The van der Waals surface area contributed by atoms with Gasteiger partial charge < -0.3 is 15.4 Å². The van der Waals surface area contributed by atoms with E-state index in [1.807, 2.05) is 0 Å². The number of amides is 1. The predicted molar refractivity (Wildman–Crippen MR) is 70.5 cm³/mol. The van der Waals surface area contributed by atoms with Crippen LogP contribution in [0.1, 0.15) is 19.8 Å². The minimum absolute atomic E-state index is 0.200. The zero-order valence-electron chi connectivity index (χ0n) is 11.3. The van der Waals surface area contributed by atoms with E-state index in [-0.39, 0.29) is 11.8 Å². The number of nitrogens with one attached hydrogen (secondary N) is 2. The number of hydrogen-bond donors (Lipinski definition) is 2. The van der Waals surface area contributed by atoms with E-state index in [0.29, 0.717) is 6.04 Å². The topological polar surface area (TPSA) is 53.6 Å². The van der Waals surface area contributed by atoms with Gasteiger partial charge in [0.15, 0.2) is 0 Å². The van der Waals surface area contributed by atoms with Gasteiger partial charge in [0.2, 0.25) is 5.91 Å². The third-order valence-corrected chi connectivity index (χ3v) is 3.83. The highest BCUT2D eigenvalue weighted by atomic mass is 16.5. The van der Waals surface area contributed by atoms with Gasteiger partial charge in [0.05, 0.1) is 13.2 Å². The van der Waals surface area contributed by atoms with Crippen LogP contribution in [0.15, 0.2) is 0 Å². The Balaban J connectivity index is 1.61. The molecule has 0 spiro atoms. The first-order chi connectivity index (χ1) is 8.75. The van der Waals surface area contributed by atoms with Gasteiger partial charge in [-0.3, -0.25) is 9.69 Å². The van der Waals surface area contributed by atoms with Gasteiger partial charge in [-0.25, -0.2) is 0 Å². The molecule has 2 aliphatic rings. The molecule has 2 aliphatic heterocycles. The monoisotopic (exact) mass is 255 g/mol. The van der Waals surface area contributed by atoms with Crippen molar-refractivity contribution >= 4 is 5.91 Å². The molecule has 0 aromatic carbocycles. The SMILES string of the molecule is CC1CC(C(=O)NCCN2CCOCC2)CCN1. The second-order valence-corrected chi connectivity index (χ2v) is 5.32. The van der Waals surface area contributed by atoms with E-state index in [1.165, 1.54) is 0 Å². The Morgan fingerprint density at radius 1 is 1.44 bits per heavy atom. The van der Waals surface area contributed by atoms with Crippen molar-refractivity contribution in [3.8, 4) is 0 Å². The Bertz CT molecular complexity index is 267. The fraction of sp³-hybridized carbons (Fsp3) is 0.923. The van der Waals surface area contributed by atoms with Crippen LogP contribution in [0.25, 0.3) is 0 Å². The van der Waals surface area contributed by atoms with Crippen molar-refractivity contribution < 1.29 is 9.53 Å². The second kappa shape index (κ2) is 7.07. The second-order valence-electron chi connectivity index (χ2n) is 5.32. The van der Waals surface area contributed by atoms with E-state index >= 15 is 0 Å². The fourth-order valence-electron chi connectivity index (χ4n) is 2.68. The Morgan fingerprint density at radius 2 is 2.22 bits per heavy atom. The number of carbonyl (C=O) groups is 1. The van der Waals surface area contributed by atoms with Crippen molar-refractivity contribution in [3.63, 3.8) is 0 Å². The number of hydrogen-bond acceptors (Lipinski definition) is 4. The molecule has 0 aliphatic carbocycles. The first-order valence-corrected chi connectivity index (χ1v) is 7.07. The first-order valence-electron chi connectivity index (χ1n) is 7.07. The van der Waals surface area contributed by atoms with Crippen molar-refractivity contribution in [1.82, 2.24) is 15.5 Å². The third kappa shape index (κ3) is 4.23. The van der Waals surface area contributed by atoms with Crippen molar-refractivity contribution in [2.75, 3.05) is 45.9 Å². The largest absolute Gasteiger partial charge is 0.379 e. The van der Waals surface area contributed by atoms with Crippen LogP contribution in [0.2, 0.25) is 0 Å². The summed E-state index contributed by atoms with van der Waals surface area (Å²) in [6.45, 7) is 8.42. The fourth-order valence-corrected chi connectivity index (χ4v) is 2.68. The quantitative estimate of drug-likeness (QED) is 0.732. The van der Waals surface area contributed by atoms with Gasteiger partial charge in [-0.05, 0) is 26.3 Å². The lowest BCUT2D eigenvalue weighted by Gasteiger charge is -2.29. The van der Waals surface area contributed by atoms with Gasteiger partial charge in [0.25, 0.3) is 0 Å². The van der Waals surface area contributed by atoms with Gasteiger partial charge in [0.1, 0.15) is 0 Å². The van der Waals surface area contributed by atoms with E-state index in [0.717, 1.165) is 58.8 Å². The van der Waals surface area contributed by atoms with E-state index in [2.05, 4.69) is 22.5 Å². The molecule has 0 aromatic heterocycles. The summed E-state index contributed by atoms with van der Waals surface area (Å²) in [5, 5.41) is 6.44. The van der Waals surface area contributed by atoms with Crippen LogP contribution in [0.4, 0.5) is 0 Å². The molecular weight excluding hydrogens is 230 g/mol. The van der Waals surface area contributed by atoms with Crippen LogP contribution < -0.4 is 10.6 Å². The van der Waals surface area contributed by atoms with E-state index in [1.54, 1.807) is 0 Å². The third-order valence-electron chi connectivity index (χ3n) is 3.83. The summed E-state index contributed by atoms with van der Waals surface area (Å²) >= 11 is 0. The summed E-state index contributed by atoms with van der Waals surface area (Å²) in [5.41, 5.74) is 0. The molecule has 2 N–H and O–H groups in total. The van der Waals surface area contributed by atoms with Crippen LogP contribution in [0.3, 0.4) is 0 Å². The molecule has 2 atom stereocenters. The van der Waals surface area contributed by atoms with Crippen LogP contribution in [0.5, 0.6) is 0 Å². The average Bonchev–Trinajstić information content (AvgIpc) is 2.40. The van der Waals surface area contributed by atoms with Crippen LogP contribution in [0, 0.1) is 5.92 Å². The zero-order chi connectivity index (χ0) is 12.8. The molecule has 5 nitrogen and oxygen atoms in total. The first kappa shape index (κ1) is 13.8. The molecule has 2 heterocycles.